The first-order valence-electron chi connectivity index (χ1n) is 7.65. The number of imidazole rings is 1. The standard InChI is InChI=1S/C19H23N3/c1-13-6-7-16(15(3)10-13)19-17(12-21(4)5)22-9-8-14(2)11-18(22)20-19/h6-11H,12H2,1-5H3. The lowest BCUT2D eigenvalue weighted by molar-refractivity contribution is 0.396. The number of hydrogen-bond donors (Lipinski definition) is 0. The Bertz CT molecular complexity index is 828. The molecule has 1 aromatic carbocycles. The van der Waals surface area contributed by atoms with E-state index in [9.17, 15) is 0 Å². The number of fused-ring (bicyclic) bond motifs is 1. The largest absolute Gasteiger partial charge is 0.304 e. The molecule has 0 aliphatic carbocycles. The molecule has 0 aliphatic rings. The second-order valence-corrected chi connectivity index (χ2v) is 6.40. The summed E-state index contributed by atoms with van der Waals surface area (Å²) in [7, 11) is 4.19. The topological polar surface area (TPSA) is 20.5 Å². The van der Waals surface area contributed by atoms with Crippen molar-refractivity contribution in [3.05, 3.63) is 58.9 Å². The van der Waals surface area contributed by atoms with Crippen LogP contribution in [0.5, 0.6) is 0 Å². The molecule has 0 unspecified atom stereocenters. The van der Waals surface area contributed by atoms with Gasteiger partial charge >= 0.3 is 0 Å². The highest BCUT2D eigenvalue weighted by atomic mass is 15.1. The molecule has 0 N–H and O–H groups in total. The van der Waals surface area contributed by atoms with E-state index in [0.717, 1.165) is 17.9 Å². The van der Waals surface area contributed by atoms with Crippen LogP contribution in [0.15, 0.2) is 36.5 Å². The van der Waals surface area contributed by atoms with Crippen LogP contribution in [-0.4, -0.2) is 28.4 Å². The molecule has 114 valence electrons. The van der Waals surface area contributed by atoms with Gasteiger partial charge in [0.05, 0.1) is 11.4 Å². The Balaban J connectivity index is 2.27. The first kappa shape index (κ1) is 14.8. The van der Waals surface area contributed by atoms with Crippen LogP contribution in [-0.2, 0) is 6.54 Å². The quantitative estimate of drug-likeness (QED) is 0.728. The van der Waals surface area contributed by atoms with Crippen LogP contribution >= 0.6 is 0 Å². The average molecular weight is 293 g/mol. The van der Waals surface area contributed by atoms with Crippen molar-refractivity contribution in [3.8, 4) is 11.3 Å². The van der Waals surface area contributed by atoms with Crippen LogP contribution in [0.1, 0.15) is 22.4 Å². The highest BCUT2D eigenvalue weighted by Gasteiger charge is 2.16. The summed E-state index contributed by atoms with van der Waals surface area (Å²) in [4.78, 5) is 7.11. The Morgan fingerprint density at radius 1 is 1.00 bits per heavy atom. The van der Waals surface area contributed by atoms with E-state index in [1.807, 2.05) is 0 Å². The summed E-state index contributed by atoms with van der Waals surface area (Å²) in [6, 6.07) is 10.9. The summed E-state index contributed by atoms with van der Waals surface area (Å²) in [5, 5.41) is 0. The van der Waals surface area contributed by atoms with Gasteiger partial charge < -0.3 is 9.30 Å². The zero-order chi connectivity index (χ0) is 15.9. The van der Waals surface area contributed by atoms with Gasteiger partial charge in [-0.3, -0.25) is 0 Å². The molecule has 0 amide bonds. The van der Waals surface area contributed by atoms with E-state index in [2.05, 4.69) is 80.7 Å². The van der Waals surface area contributed by atoms with Gasteiger partial charge in [-0.15, -0.1) is 0 Å². The maximum Gasteiger partial charge on any atom is 0.137 e. The Kier molecular flexibility index (Phi) is 3.75. The van der Waals surface area contributed by atoms with Crippen LogP contribution in [0, 0.1) is 20.8 Å². The van der Waals surface area contributed by atoms with Crippen molar-refractivity contribution in [3.63, 3.8) is 0 Å². The predicted molar refractivity (Wildman–Crippen MR) is 92.2 cm³/mol. The Morgan fingerprint density at radius 2 is 1.73 bits per heavy atom. The van der Waals surface area contributed by atoms with Gasteiger partial charge in [0.15, 0.2) is 0 Å². The number of rotatable bonds is 3. The molecule has 22 heavy (non-hydrogen) atoms. The molecule has 0 spiro atoms. The summed E-state index contributed by atoms with van der Waals surface area (Å²) in [5.74, 6) is 0. The molecule has 0 saturated carbocycles. The molecule has 0 bridgehead atoms. The van der Waals surface area contributed by atoms with Crippen molar-refractivity contribution in [1.29, 1.82) is 0 Å². The average Bonchev–Trinajstić information content (AvgIpc) is 2.76. The van der Waals surface area contributed by atoms with Crippen LogP contribution < -0.4 is 0 Å². The normalized spacial score (nSPS) is 11.5. The fourth-order valence-electron chi connectivity index (χ4n) is 2.94. The van der Waals surface area contributed by atoms with E-state index in [-0.39, 0.29) is 0 Å². The second-order valence-electron chi connectivity index (χ2n) is 6.40. The molecule has 0 fully saturated rings. The van der Waals surface area contributed by atoms with Gasteiger partial charge in [-0.05, 0) is 58.1 Å². The van der Waals surface area contributed by atoms with Crippen molar-refractivity contribution >= 4 is 5.65 Å². The minimum atomic E-state index is 0.868. The van der Waals surface area contributed by atoms with E-state index < -0.39 is 0 Å². The first-order valence-corrected chi connectivity index (χ1v) is 7.65. The summed E-state index contributed by atoms with van der Waals surface area (Å²) in [6.07, 6.45) is 2.13. The predicted octanol–water partition coefficient (Wildman–Crippen LogP) is 3.99. The molecule has 2 heterocycles. The first-order chi connectivity index (χ1) is 10.5. The lowest BCUT2D eigenvalue weighted by Gasteiger charge is -2.13. The SMILES string of the molecule is Cc1ccc(-c2nc3cc(C)ccn3c2CN(C)C)c(C)c1. The van der Waals surface area contributed by atoms with Gasteiger partial charge in [0.2, 0.25) is 0 Å². The molecule has 0 atom stereocenters. The van der Waals surface area contributed by atoms with Crippen molar-refractivity contribution < 1.29 is 0 Å². The van der Waals surface area contributed by atoms with Crippen LogP contribution in [0.4, 0.5) is 0 Å². The van der Waals surface area contributed by atoms with Gasteiger partial charge in [0, 0.05) is 18.3 Å². The monoisotopic (exact) mass is 293 g/mol. The van der Waals surface area contributed by atoms with Gasteiger partial charge in [-0.2, -0.15) is 0 Å². The second kappa shape index (κ2) is 5.58. The zero-order valence-corrected chi connectivity index (χ0v) is 14.0. The Morgan fingerprint density at radius 3 is 2.41 bits per heavy atom. The van der Waals surface area contributed by atoms with Gasteiger partial charge in [0.1, 0.15) is 5.65 Å². The molecule has 3 heteroatoms. The summed E-state index contributed by atoms with van der Waals surface area (Å²) in [5.41, 5.74) is 8.38. The van der Waals surface area contributed by atoms with E-state index in [0.29, 0.717) is 0 Å². The van der Waals surface area contributed by atoms with E-state index >= 15 is 0 Å². The number of aromatic nitrogens is 2. The lowest BCUT2D eigenvalue weighted by Crippen LogP contribution is -2.13. The molecular formula is C19H23N3. The maximum absolute atomic E-state index is 4.92. The highest BCUT2D eigenvalue weighted by molar-refractivity contribution is 5.70. The lowest BCUT2D eigenvalue weighted by atomic mass is 10.0. The molecule has 0 radical (unpaired) electrons. The van der Waals surface area contributed by atoms with Crippen LogP contribution in [0.2, 0.25) is 0 Å². The van der Waals surface area contributed by atoms with Crippen molar-refractivity contribution in [1.82, 2.24) is 14.3 Å². The smallest absolute Gasteiger partial charge is 0.137 e. The molecule has 0 aliphatic heterocycles. The molecule has 2 aromatic heterocycles. The number of benzene rings is 1. The minimum Gasteiger partial charge on any atom is -0.304 e. The number of aryl methyl sites for hydroxylation is 3. The van der Waals surface area contributed by atoms with Crippen molar-refractivity contribution in [2.75, 3.05) is 14.1 Å². The zero-order valence-electron chi connectivity index (χ0n) is 14.0. The highest BCUT2D eigenvalue weighted by Crippen LogP contribution is 2.29. The van der Waals surface area contributed by atoms with Gasteiger partial charge in [-0.1, -0.05) is 23.8 Å². The number of pyridine rings is 1. The maximum atomic E-state index is 4.92. The molecular weight excluding hydrogens is 270 g/mol. The van der Waals surface area contributed by atoms with Gasteiger partial charge in [-0.25, -0.2) is 4.98 Å². The molecule has 3 rings (SSSR count). The summed E-state index contributed by atoms with van der Waals surface area (Å²) < 4.78 is 2.21. The summed E-state index contributed by atoms with van der Waals surface area (Å²) in [6.45, 7) is 7.27. The van der Waals surface area contributed by atoms with Crippen LogP contribution in [0.25, 0.3) is 16.9 Å². The molecule has 3 aromatic rings. The van der Waals surface area contributed by atoms with E-state index in [4.69, 9.17) is 4.98 Å². The van der Waals surface area contributed by atoms with Crippen molar-refractivity contribution in [2.24, 2.45) is 0 Å². The molecule has 0 saturated heterocycles. The Labute approximate surface area is 132 Å². The number of hydrogen-bond acceptors (Lipinski definition) is 2. The Hall–Kier alpha value is -2.13. The third-order valence-electron chi connectivity index (χ3n) is 3.98. The van der Waals surface area contributed by atoms with E-state index in [1.165, 1.54) is 27.9 Å². The molecule has 3 nitrogen and oxygen atoms in total. The number of nitrogens with zero attached hydrogens (tertiary/aromatic N) is 3. The van der Waals surface area contributed by atoms with Crippen molar-refractivity contribution in [2.45, 2.75) is 27.3 Å². The van der Waals surface area contributed by atoms with E-state index in [1.54, 1.807) is 0 Å². The fourth-order valence-corrected chi connectivity index (χ4v) is 2.94. The summed E-state index contributed by atoms with van der Waals surface area (Å²) >= 11 is 0. The third-order valence-corrected chi connectivity index (χ3v) is 3.98. The minimum absolute atomic E-state index is 0.868. The van der Waals surface area contributed by atoms with Gasteiger partial charge in [0.25, 0.3) is 0 Å². The third kappa shape index (κ3) is 2.64. The van der Waals surface area contributed by atoms with Crippen LogP contribution in [0.3, 0.4) is 0 Å². The fraction of sp³-hybridized carbons (Fsp3) is 0.316.